The molecule has 0 saturated carbocycles. The molecule has 0 atom stereocenters. The second-order valence-electron chi connectivity index (χ2n) is 8.98. The molecule has 0 fully saturated rings. The molecule has 10 nitrogen and oxygen atoms in total. The second-order valence-corrected chi connectivity index (χ2v) is 14.5. The van der Waals surface area contributed by atoms with Crippen molar-refractivity contribution >= 4 is 93.3 Å². The van der Waals surface area contributed by atoms with Gasteiger partial charge < -0.3 is 20.8 Å². The zero-order chi connectivity index (χ0) is 34.6. The second kappa shape index (κ2) is 15.1. The number of alkyl halides is 6. The summed E-state index contributed by atoms with van der Waals surface area (Å²) in [6.07, 6.45) is -8.57. The molecule has 47 heavy (non-hydrogen) atoms. The van der Waals surface area contributed by atoms with Crippen LogP contribution in [-0.4, -0.2) is 77.1 Å². The van der Waals surface area contributed by atoms with Crippen molar-refractivity contribution in [3.8, 4) is 11.5 Å². The average Bonchev–Trinajstić information content (AvgIpc) is 3.66. The van der Waals surface area contributed by atoms with Gasteiger partial charge in [-0.2, -0.15) is 35.1 Å². The number of carbonyl (C=O) groups is 2. The van der Waals surface area contributed by atoms with Gasteiger partial charge >= 0.3 is 12.4 Å². The van der Waals surface area contributed by atoms with E-state index in [1.807, 2.05) is 0 Å². The van der Waals surface area contributed by atoms with Crippen LogP contribution in [0.1, 0.15) is 11.1 Å². The number of benzene rings is 2. The zero-order valence-corrected chi connectivity index (χ0v) is 28.5. The van der Waals surface area contributed by atoms with E-state index in [2.05, 4.69) is 29.3 Å². The van der Waals surface area contributed by atoms with Gasteiger partial charge in [-0.3, -0.25) is 9.59 Å². The van der Waals surface area contributed by atoms with E-state index >= 15 is 0 Å². The summed E-state index contributed by atoms with van der Waals surface area (Å²) in [5, 5.41) is 26.4. The Hall–Kier alpha value is -2.92. The molecule has 4 aromatic rings. The number of rotatable bonds is 12. The van der Waals surface area contributed by atoms with Gasteiger partial charge in [0.1, 0.15) is 11.5 Å². The third kappa shape index (κ3) is 8.39. The Labute approximate surface area is 287 Å². The van der Waals surface area contributed by atoms with Gasteiger partial charge in [0, 0.05) is 0 Å². The molecule has 0 spiro atoms. The van der Waals surface area contributed by atoms with E-state index in [0.717, 1.165) is 46.6 Å². The fourth-order valence-corrected chi connectivity index (χ4v) is 8.05. The quantitative estimate of drug-likeness (QED) is 0.0660. The van der Waals surface area contributed by atoms with Gasteiger partial charge in [0.05, 0.1) is 22.9 Å². The van der Waals surface area contributed by atoms with Gasteiger partial charge in [-0.15, -0.1) is 0 Å². The fraction of sp³-hybridized carbons (Fsp3) is 0.280. The molecule has 0 radical (unpaired) electrons. The third-order valence-electron chi connectivity index (χ3n) is 6.06. The monoisotopic (exact) mass is 774 g/mol. The van der Waals surface area contributed by atoms with Crippen LogP contribution < -0.4 is 10.6 Å². The molecule has 2 aromatic carbocycles. The standard InChI is InChI=1S/C25H20F6N6O4S6/c1-42-19-34-21(46-36-19)44-9-17(40)32-13-5-3-11(7-15(13)38)23(24(26,27)28,25(29,30)31)12-4-6-14(16(39)8-12)33-18(41)10-45-22-35-20(43-2)37-47-22/h3-8,38-39H,9-10H2,1-2H3,(H,32,40)(H,33,41). The summed E-state index contributed by atoms with van der Waals surface area (Å²) in [6, 6.07) is 2.86. The lowest BCUT2D eigenvalue weighted by molar-refractivity contribution is -0.288. The van der Waals surface area contributed by atoms with Crippen molar-refractivity contribution in [3.05, 3.63) is 47.5 Å². The third-order valence-corrected chi connectivity index (χ3v) is 11.1. The lowest BCUT2D eigenvalue weighted by Crippen LogP contribution is -2.54. The first kappa shape index (κ1) is 36.9. The minimum absolute atomic E-state index is 0.235. The Morgan fingerprint density at radius 2 is 1.11 bits per heavy atom. The van der Waals surface area contributed by atoms with E-state index in [-0.39, 0.29) is 23.6 Å². The number of phenols is 2. The first-order valence-electron chi connectivity index (χ1n) is 12.5. The maximum Gasteiger partial charge on any atom is 0.411 e. The summed E-state index contributed by atoms with van der Waals surface area (Å²) in [5.41, 5.74) is -8.47. The molecule has 22 heteroatoms. The van der Waals surface area contributed by atoms with Crippen LogP contribution in [0.4, 0.5) is 37.7 Å². The molecule has 0 aliphatic carbocycles. The average molecular weight is 775 g/mol. The highest BCUT2D eigenvalue weighted by atomic mass is 32.2. The Morgan fingerprint density at radius 3 is 1.40 bits per heavy atom. The Bertz CT molecular complexity index is 1630. The maximum absolute atomic E-state index is 14.7. The van der Waals surface area contributed by atoms with E-state index in [0.29, 0.717) is 43.3 Å². The molecule has 0 aliphatic heterocycles. The number of nitrogens with zero attached hydrogens (tertiary/aromatic N) is 4. The van der Waals surface area contributed by atoms with Gasteiger partial charge in [0.15, 0.2) is 8.68 Å². The number of halogens is 6. The van der Waals surface area contributed by atoms with Crippen LogP contribution in [-0.2, 0) is 15.0 Å². The number of thioether (sulfide) groups is 4. The van der Waals surface area contributed by atoms with E-state index < -0.39 is 63.6 Å². The van der Waals surface area contributed by atoms with Gasteiger partial charge in [-0.1, -0.05) is 59.2 Å². The van der Waals surface area contributed by atoms with Crippen LogP contribution in [0.2, 0.25) is 0 Å². The Kier molecular flexibility index (Phi) is 11.9. The van der Waals surface area contributed by atoms with Crippen molar-refractivity contribution in [3.63, 3.8) is 0 Å². The van der Waals surface area contributed by atoms with E-state index in [4.69, 9.17) is 0 Å². The summed E-state index contributed by atoms with van der Waals surface area (Å²) < 4.78 is 96.9. The SMILES string of the molecule is CSc1nsc(SCC(=O)Nc2ccc(C(c3ccc(NC(=O)CSc4nc(SC)ns4)c(O)c3)(C(F)(F)F)C(F)(F)F)cc2O)n1. The van der Waals surface area contributed by atoms with Gasteiger partial charge in [0.25, 0.3) is 0 Å². The zero-order valence-electron chi connectivity index (χ0n) is 23.6. The summed E-state index contributed by atoms with van der Waals surface area (Å²) in [5.74, 6) is -4.03. The predicted octanol–water partition coefficient (Wildman–Crippen LogP) is 7.12. The van der Waals surface area contributed by atoms with E-state index in [1.54, 1.807) is 12.5 Å². The molecule has 0 aliphatic rings. The van der Waals surface area contributed by atoms with E-state index in [1.165, 1.54) is 23.5 Å². The summed E-state index contributed by atoms with van der Waals surface area (Å²) in [6.45, 7) is 0. The van der Waals surface area contributed by atoms with Crippen molar-refractivity contribution < 1.29 is 46.1 Å². The van der Waals surface area contributed by atoms with Crippen LogP contribution >= 0.6 is 70.1 Å². The first-order chi connectivity index (χ1) is 22.1. The molecule has 0 unspecified atom stereocenters. The van der Waals surface area contributed by atoms with Crippen molar-refractivity contribution in [1.82, 2.24) is 18.7 Å². The minimum Gasteiger partial charge on any atom is -0.506 e. The van der Waals surface area contributed by atoms with Crippen molar-refractivity contribution in [2.45, 2.75) is 36.8 Å². The van der Waals surface area contributed by atoms with Gasteiger partial charge in [-0.25, -0.2) is 9.97 Å². The van der Waals surface area contributed by atoms with Crippen molar-refractivity contribution in [2.24, 2.45) is 0 Å². The van der Waals surface area contributed by atoms with Crippen LogP contribution in [0.25, 0.3) is 0 Å². The van der Waals surface area contributed by atoms with Gasteiger partial charge in [-0.05, 0) is 71.0 Å². The number of amides is 2. The molecule has 4 rings (SSSR count). The molecule has 2 aromatic heterocycles. The molecular formula is C25H20F6N6O4S6. The van der Waals surface area contributed by atoms with Crippen LogP contribution in [0.3, 0.4) is 0 Å². The minimum atomic E-state index is -6.04. The first-order valence-corrected chi connectivity index (χ1v) is 18.5. The molecule has 0 bridgehead atoms. The predicted molar refractivity (Wildman–Crippen MR) is 171 cm³/mol. The Balaban J connectivity index is 1.58. The van der Waals surface area contributed by atoms with Crippen LogP contribution in [0.15, 0.2) is 55.4 Å². The highest BCUT2D eigenvalue weighted by molar-refractivity contribution is 8.02. The number of phenolic OH excluding ortho intramolecular Hbond substituents is 2. The molecule has 2 heterocycles. The summed E-state index contributed by atoms with van der Waals surface area (Å²) in [4.78, 5) is 33.1. The number of nitrogens with one attached hydrogen (secondary N) is 2. The number of hydrogen-bond donors (Lipinski definition) is 4. The molecular weight excluding hydrogens is 755 g/mol. The molecule has 252 valence electrons. The summed E-state index contributed by atoms with van der Waals surface area (Å²) >= 11 is 6.63. The lowest BCUT2D eigenvalue weighted by atomic mass is 9.72. The maximum atomic E-state index is 14.7. The fourth-order valence-electron chi connectivity index (χ4n) is 4.03. The largest absolute Gasteiger partial charge is 0.506 e. The highest BCUT2D eigenvalue weighted by Crippen LogP contribution is 2.57. The van der Waals surface area contributed by atoms with Crippen molar-refractivity contribution in [1.29, 1.82) is 0 Å². The van der Waals surface area contributed by atoms with Gasteiger partial charge in [0.2, 0.25) is 27.5 Å². The van der Waals surface area contributed by atoms with E-state index in [9.17, 15) is 46.1 Å². The normalized spacial score (nSPS) is 12.3. The Morgan fingerprint density at radius 1 is 0.723 bits per heavy atom. The van der Waals surface area contributed by atoms with Crippen LogP contribution in [0.5, 0.6) is 11.5 Å². The number of hydrogen-bond acceptors (Lipinski definition) is 14. The highest BCUT2D eigenvalue weighted by Gasteiger charge is 2.72. The molecule has 2 amide bonds. The topological polar surface area (TPSA) is 150 Å². The smallest absolute Gasteiger partial charge is 0.411 e. The number of anilines is 2. The lowest BCUT2D eigenvalue weighted by Gasteiger charge is -2.38. The molecule has 0 saturated heterocycles. The number of aromatic hydroxyl groups is 2. The number of carbonyl (C=O) groups excluding carboxylic acids is 2. The van der Waals surface area contributed by atoms with Crippen molar-refractivity contribution in [2.75, 3.05) is 34.7 Å². The summed E-state index contributed by atoms with van der Waals surface area (Å²) in [7, 11) is 0. The molecule has 4 N–H and O–H groups in total. The van der Waals surface area contributed by atoms with Crippen LogP contribution in [0, 0.1) is 0 Å². The number of aromatic nitrogens is 4.